The van der Waals surface area contributed by atoms with Gasteiger partial charge in [0, 0.05) is 56.0 Å². The highest BCUT2D eigenvalue weighted by molar-refractivity contribution is 5.90. The number of fused-ring (bicyclic) bond motifs is 2. The van der Waals surface area contributed by atoms with Crippen LogP contribution in [0.25, 0.3) is 17.0 Å². The number of benzene rings is 2. The van der Waals surface area contributed by atoms with E-state index in [0.717, 1.165) is 37.9 Å². The van der Waals surface area contributed by atoms with Crippen LogP contribution >= 0.6 is 0 Å². The number of hydrogen-bond acceptors (Lipinski definition) is 5. The Bertz CT molecular complexity index is 1150. The maximum absolute atomic E-state index is 11.3. The maximum Gasteiger partial charge on any atom is 0.267 e. The monoisotopic (exact) mass is 463 g/mol. The molecule has 3 N–H and O–H groups in total. The molecule has 180 valence electrons. The predicted octanol–water partition coefficient (Wildman–Crippen LogP) is 3.33. The summed E-state index contributed by atoms with van der Waals surface area (Å²) in [7, 11) is 1.73. The van der Waals surface area contributed by atoms with Crippen LogP contribution in [0.4, 0.5) is 0 Å². The molecule has 0 fully saturated rings. The van der Waals surface area contributed by atoms with E-state index in [2.05, 4.69) is 52.1 Å². The third-order valence-corrected chi connectivity index (χ3v) is 6.65. The number of nitrogens with zero attached hydrogens (tertiary/aromatic N) is 2. The Kier molecular flexibility index (Phi) is 8.13. The molecule has 1 atom stereocenters. The van der Waals surface area contributed by atoms with Gasteiger partial charge < -0.3 is 14.4 Å². The standard InChI is InChI=1S/C27H33N3O4/c1-34-17-15-30-19-22(23-4-2-3-5-25(23)30)12-13-29(14-16-31)26-10-8-21-18-20(6-9-24(21)26)7-11-27(32)28-33/h2-7,9,11,18-19,26,31,33H,8,10,12-17H2,1H3,(H,28,32). The van der Waals surface area contributed by atoms with Crippen molar-refractivity contribution < 1.29 is 19.8 Å². The normalized spacial score (nSPS) is 15.5. The van der Waals surface area contributed by atoms with E-state index in [1.54, 1.807) is 18.7 Å². The minimum absolute atomic E-state index is 0.124. The van der Waals surface area contributed by atoms with Gasteiger partial charge in [0.2, 0.25) is 0 Å². The third kappa shape index (κ3) is 5.39. The van der Waals surface area contributed by atoms with E-state index < -0.39 is 5.91 Å². The number of aliphatic hydroxyl groups excluding tert-OH is 1. The Morgan fingerprint density at radius 1 is 1.26 bits per heavy atom. The number of carbonyl (C=O) groups is 1. The van der Waals surface area contributed by atoms with Crippen LogP contribution in [0.3, 0.4) is 0 Å². The van der Waals surface area contributed by atoms with E-state index in [1.807, 2.05) is 6.07 Å². The van der Waals surface area contributed by atoms with E-state index in [1.165, 1.54) is 33.7 Å². The molecule has 1 heterocycles. The Morgan fingerprint density at radius 2 is 2.12 bits per heavy atom. The molecule has 1 amide bonds. The average Bonchev–Trinajstić information content (AvgIpc) is 3.45. The molecule has 0 saturated heterocycles. The summed E-state index contributed by atoms with van der Waals surface area (Å²) >= 11 is 0. The summed E-state index contributed by atoms with van der Waals surface area (Å²) in [4.78, 5) is 13.7. The van der Waals surface area contributed by atoms with Crippen LogP contribution in [-0.2, 0) is 28.9 Å². The lowest BCUT2D eigenvalue weighted by atomic mass is 10.0. The van der Waals surface area contributed by atoms with Gasteiger partial charge in [0.25, 0.3) is 5.91 Å². The lowest BCUT2D eigenvalue weighted by Crippen LogP contribution is -2.32. The van der Waals surface area contributed by atoms with Crippen LogP contribution in [0.5, 0.6) is 0 Å². The first-order valence-electron chi connectivity index (χ1n) is 11.8. The average molecular weight is 464 g/mol. The van der Waals surface area contributed by atoms with Crippen LogP contribution < -0.4 is 5.48 Å². The van der Waals surface area contributed by atoms with Crippen molar-refractivity contribution in [3.8, 4) is 0 Å². The molecule has 0 aliphatic heterocycles. The summed E-state index contributed by atoms with van der Waals surface area (Å²) in [6.45, 7) is 3.12. The van der Waals surface area contributed by atoms with Gasteiger partial charge in [-0.1, -0.05) is 36.4 Å². The number of methoxy groups -OCH3 is 1. The molecule has 0 bridgehead atoms. The third-order valence-electron chi connectivity index (χ3n) is 6.65. The topological polar surface area (TPSA) is 87.0 Å². The van der Waals surface area contributed by atoms with E-state index >= 15 is 0 Å². The van der Waals surface area contributed by atoms with Crippen molar-refractivity contribution in [3.63, 3.8) is 0 Å². The number of para-hydroxylation sites is 1. The highest BCUT2D eigenvalue weighted by Crippen LogP contribution is 2.36. The van der Waals surface area contributed by atoms with Gasteiger partial charge in [0.05, 0.1) is 13.2 Å². The second-order valence-electron chi connectivity index (χ2n) is 8.69. The first kappa shape index (κ1) is 24.2. The number of nitrogens with one attached hydrogen (secondary N) is 1. The van der Waals surface area contributed by atoms with Gasteiger partial charge >= 0.3 is 0 Å². The highest BCUT2D eigenvalue weighted by Gasteiger charge is 2.27. The summed E-state index contributed by atoms with van der Waals surface area (Å²) in [6, 6.07) is 15.0. The zero-order valence-electron chi connectivity index (χ0n) is 19.6. The van der Waals surface area contributed by atoms with Crippen molar-refractivity contribution in [1.82, 2.24) is 14.9 Å². The van der Waals surface area contributed by atoms with Crippen LogP contribution in [-0.4, -0.2) is 59.1 Å². The fraction of sp³-hybridized carbons (Fsp3) is 0.370. The number of carbonyl (C=O) groups excluding carboxylic acids is 1. The maximum atomic E-state index is 11.3. The van der Waals surface area contributed by atoms with Crippen LogP contribution in [0.2, 0.25) is 0 Å². The number of aromatic nitrogens is 1. The zero-order valence-corrected chi connectivity index (χ0v) is 19.6. The molecule has 7 nitrogen and oxygen atoms in total. The Morgan fingerprint density at radius 3 is 2.91 bits per heavy atom. The van der Waals surface area contributed by atoms with Gasteiger partial charge in [-0.15, -0.1) is 0 Å². The molecule has 0 saturated carbocycles. The Hall–Kier alpha value is -2.97. The minimum Gasteiger partial charge on any atom is -0.395 e. The number of rotatable bonds is 11. The number of amides is 1. The van der Waals surface area contributed by atoms with E-state index in [9.17, 15) is 9.90 Å². The zero-order chi connectivity index (χ0) is 23.9. The van der Waals surface area contributed by atoms with E-state index in [4.69, 9.17) is 9.94 Å². The molecule has 2 aromatic carbocycles. The number of hydrogen-bond donors (Lipinski definition) is 3. The van der Waals surface area contributed by atoms with Gasteiger partial charge in [0.15, 0.2) is 0 Å². The van der Waals surface area contributed by atoms with Crippen molar-refractivity contribution in [2.75, 3.05) is 33.4 Å². The van der Waals surface area contributed by atoms with Gasteiger partial charge in [-0.3, -0.25) is 14.9 Å². The van der Waals surface area contributed by atoms with Gasteiger partial charge in [-0.25, -0.2) is 5.48 Å². The lowest BCUT2D eigenvalue weighted by molar-refractivity contribution is -0.124. The summed E-state index contributed by atoms with van der Waals surface area (Å²) in [5, 5.41) is 19.7. The molecule has 1 aromatic heterocycles. The van der Waals surface area contributed by atoms with E-state index in [-0.39, 0.29) is 12.6 Å². The van der Waals surface area contributed by atoms with Crippen molar-refractivity contribution >= 4 is 22.9 Å². The molecular weight excluding hydrogens is 430 g/mol. The van der Waals surface area contributed by atoms with Crippen molar-refractivity contribution in [1.29, 1.82) is 0 Å². The number of aliphatic hydroxyl groups is 1. The second kappa shape index (κ2) is 11.4. The summed E-state index contributed by atoms with van der Waals surface area (Å²) in [5.41, 5.74) is 7.65. The Balaban J connectivity index is 1.50. The van der Waals surface area contributed by atoms with E-state index in [0.29, 0.717) is 13.2 Å². The molecule has 3 aromatic rings. The fourth-order valence-electron chi connectivity index (χ4n) is 5.02. The SMILES string of the molecule is COCCn1cc(CCN(CCO)C2CCc3cc(C=CC(=O)NO)ccc32)c2ccccc21. The molecule has 1 aliphatic rings. The van der Waals surface area contributed by atoms with Crippen LogP contribution in [0.15, 0.2) is 54.7 Å². The fourth-order valence-corrected chi connectivity index (χ4v) is 5.02. The van der Waals surface area contributed by atoms with Gasteiger partial charge in [-0.05, 0) is 53.7 Å². The molecule has 0 spiro atoms. The summed E-state index contributed by atoms with van der Waals surface area (Å²) < 4.78 is 7.55. The quantitative estimate of drug-likeness (QED) is 0.231. The summed E-state index contributed by atoms with van der Waals surface area (Å²) in [5.74, 6) is -0.545. The number of aryl methyl sites for hydroxylation is 1. The molecule has 7 heteroatoms. The number of hydroxylamine groups is 1. The van der Waals surface area contributed by atoms with Crippen LogP contribution in [0, 0.1) is 0 Å². The molecule has 1 unspecified atom stereocenters. The first-order valence-corrected chi connectivity index (χ1v) is 11.8. The second-order valence-corrected chi connectivity index (χ2v) is 8.69. The highest BCUT2D eigenvalue weighted by atomic mass is 16.5. The van der Waals surface area contributed by atoms with Crippen molar-refractivity contribution in [2.45, 2.75) is 31.8 Å². The van der Waals surface area contributed by atoms with Crippen molar-refractivity contribution in [3.05, 3.63) is 77.0 Å². The predicted molar refractivity (Wildman–Crippen MR) is 133 cm³/mol. The van der Waals surface area contributed by atoms with Crippen molar-refractivity contribution in [2.24, 2.45) is 0 Å². The molecular formula is C27H33N3O4. The smallest absolute Gasteiger partial charge is 0.267 e. The molecule has 0 radical (unpaired) electrons. The summed E-state index contributed by atoms with van der Waals surface area (Å²) in [6.07, 6.45) is 8.13. The lowest BCUT2D eigenvalue weighted by Gasteiger charge is -2.29. The first-order chi connectivity index (χ1) is 16.6. The Labute approximate surface area is 200 Å². The van der Waals surface area contributed by atoms with Gasteiger partial charge in [0.1, 0.15) is 0 Å². The van der Waals surface area contributed by atoms with Gasteiger partial charge in [-0.2, -0.15) is 0 Å². The van der Waals surface area contributed by atoms with Crippen LogP contribution in [0.1, 0.15) is 34.7 Å². The largest absolute Gasteiger partial charge is 0.395 e. The molecule has 34 heavy (non-hydrogen) atoms. The number of ether oxygens (including phenoxy) is 1. The molecule has 1 aliphatic carbocycles. The minimum atomic E-state index is -0.545. The molecule has 4 rings (SSSR count).